The van der Waals surface area contributed by atoms with Crippen LogP contribution in [0.1, 0.15) is 79.6 Å². The second-order valence-corrected chi connectivity index (χ2v) is 9.73. The molecule has 0 bridgehead atoms. The van der Waals surface area contributed by atoms with Crippen molar-refractivity contribution in [1.82, 2.24) is 21.3 Å². The molecule has 11 nitrogen and oxygen atoms in total. The van der Waals surface area contributed by atoms with Crippen molar-refractivity contribution in [2.24, 2.45) is 11.8 Å². The lowest BCUT2D eigenvalue weighted by Gasteiger charge is -2.29. The highest BCUT2D eigenvalue weighted by atomic mass is 16.4. The number of aliphatic hydroxyl groups excluding tert-OH is 1. The maximum atomic E-state index is 13.1. The van der Waals surface area contributed by atoms with Gasteiger partial charge < -0.3 is 31.5 Å². The SMILES string of the molecule is C=CC[C@H](NC(=O)[C@@H](NC(=O)CCCC(=O)O)[C@H](C)CC)C(=O)N[C@@H](CC(C)C)[C@@H](O)CC(=O)NCC. The molecule has 0 heterocycles. The molecule has 11 heteroatoms. The molecule has 0 spiro atoms. The van der Waals surface area contributed by atoms with Gasteiger partial charge in [0, 0.05) is 19.4 Å². The van der Waals surface area contributed by atoms with Crippen molar-refractivity contribution in [2.45, 2.75) is 104 Å². The van der Waals surface area contributed by atoms with E-state index in [1.54, 1.807) is 13.8 Å². The zero-order valence-corrected chi connectivity index (χ0v) is 22.8. The Hall–Kier alpha value is -2.95. The first kappa shape index (κ1) is 34.0. The summed E-state index contributed by atoms with van der Waals surface area (Å²) in [6.07, 6.45) is 1.25. The Balaban J connectivity index is 5.48. The molecule has 0 aromatic heterocycles. The highest BCUT2D eigenvalue weighted by Crippen LogP contribution is 2.13. The van der Waals surface area contributed by atoms with Crippen LogP contribution in [-0.4, -0.2) is 70.6 Å². The van der Waals surface area contributed by atoms with Gasteiger partial charge in [-0.1, -0.05) is 40.2 Å². The lowest BCUT2D eigenvalue weighted by Crippen LogP contribution is -2.57. The minimum Gasteiger partial charge on any atom is -0.481 e. The van der Waals surface area contributed by atoms with E-state index in [9.17, 15) is 29.1 Å². The van der Waals surface area contributed by atoms with E-state index in [1.165, 1.54) is 6.08 Å². The molecule has 0 aliphatic carbocycles. The van der Waals surface area contributed by atoms with Crippen molar-refractivity contribution >= 4 is 29.6 Å². The van der Waals surface area contributed by atoms with E-state index in [0.717, 1.165) is 0 Å². The minimum atomic E-state index is -1.11. The third-order valence-electron chi connectivity index (χ3n) is 5.93. The van der Waals surface area contributed by atoms with E-state index in [2.05, 4.69) is 27.8 Å². The smallest absolute Gasteiger partial charge is 0.303 e. The third-order valence-corrected chi connectivity index (χ3v) is 5.93. The molecular weight excluding hydrogens is 480 g/mol. The van der Waals surface area contributed by atoms with Gasteiger partial charge in [-0.05, 0) is 38.0 Å². The van der Waals surface area contributed by atoms with Gasteiger partial charge in [-0.15, -0.1) is 6.58 Å². The summed E-state index contributed by atoms with van der Waals surface area (Å²) >= 11 is 0. The third kappa shape index (κ3) is 14.4. The van der Waals surface area contributed by atoms with Crippen LogP contribution in [0.5, 0.6) is 0 Å². The van der Waals surface area contributed by atoms with Crippen LogP contribution < -0.4 is 21.3 Å². The van der Waals surface area contributed by atoms with Crippen LogP contribution >= 0.6 is 0 Å². The van der Waals surface area contributed by atoms with Gasteiger partial charge >= 0.3 is 5.97 Å². The maximum Gasteiger partial charge on any atom is 0.303 e. The van der Waals surface area contributed by atoms with E-state index < -0.39 is 47.9 Å². The molecule has 212 valence electrons. The lowest BCUT2D eigenvalue weighted by molar-refractivity contribution is -0.137. The van der Waals surface area contributed by atoms with Crippen LogP contribution in [-0.2, 0) is 24.0 Å². The van der Waals surface area contributed by atoms with Crippen molar-refractivity contribution in [1.29, 1.82) is 0 Å². The maximum absolute atomic E-state index is 13.1. The lowest BCUT2D eigenvalue weighted by atomic mass is 9.96. The van der Waals surface area contributed by atoms with Crippen LogP contribution in [0.15, 0.2) is 12.7 Å². The molecule has 0 saturated carbocycles. The molecule has 37 heavy (non-hydrogen) atoms. The fourth-order valence-electron chi connectivity index (χ4n) is 3.71. The number of rotatable bonds is 19. The number of carbonyl (C=O) groups is 5. The molecule has 0 unspecified atom stereocenters. The number of carboxylic acid groups (broad SMARTS) is 1. The number of hydrogen-bond donors (Lipinski definition) is 6. The number of carbonyl (C=O) groups excluding carboxylic acids is 4. The predicted octanol–water partition coefficient (Wildman–Crippen LogP) is 1.25. The van der Waals surface area contributed by atoms with E-state index in [-0.39, 0.29) is 49.8 Å². The standard InChI is InChI=1S/C26H46N4O7/c1-7-11-18(25(36)29-19(14-16(4)5)20(31)15-22(33)27-9-3)28-26(37)24(17(6)8-2)30-21(32)12-10-13-23(34)35/h7,16-20,24,31H,1,8-15H2,2-6H3,(H,27,33)(H,28,37)(H,29,36)(H,30,32)(H,34,35)/t17-,18+,19+,20+,24+/m1/s1. The molecule has 0 rings (SSSR count). The molecule has 4 amide bonds. The van der Waals surface area contributed by atoms with Gasteiger partial charge in [0.05, 0.1) is 18.6 Å². The Bertz CT molecular complexity index is 772. The summed E-state index contributed by atoms with van der Waals surface area (Å²) in [5, 5.41) is 30.1. The Kier molecular flexibility index (Phi) is 16.9. The van der Waals surface area contributed by atoms with Crippen LogP contribution in [0.3, 0.4) is 0 Å². The first-order valence-electron chi connectivity index (χ1n) is 13.0. The van der Waals surface area contributed by atoms with Crippen LogP contribution in [0.25, 0.3) is 0 Å². The summed E-state index contributed by atoms with van der Waals surface area (Å²) in [4.78, 5) is 61.2. The normalized spacial score (nSPS) is 15.0. The number of carboxylic acids is 1. The Morgan fingerprint density at radius 2 is 1.57 bits per heavy atom. The van der Waals surface area contributed by atoms with Gasteiger partial charge in [0.15, 0.2) is 0 Å². The Labute approximate surface area is 220 Å². The monoisotopic (exact) mass is 526 g/mol. The Morgan fingerprint density at radius 1 is 0.919 bits per heavy atom. The van der Waals surface area contributed by atoms with Crippen LogP contribution in [0.2, 0.25) is 0 Å². The molecule has 0 fully saturated rings. The minimum absolute atomic E-state index is 0.0382. The fourth-order valence-corrected chi connectivity index (χ4v) is 3.71. The summed E-state index contributed by atoms with van der Waals surface area (Å²) in [5.41, 5.74) is 0. The Morgan fingerprint density at radius 3 is 2.08 bits per heavy atom. The second kappa shape index (κ2) is 18.3. The number of nitrogens with one attached hydrogen (secondary N) is 4. The first-order valence-corrected chi connectivity index (χ1v) is 13.0. The quantitative estimate of drug-likeness (QED) is 0.137. The number of hydrogen-bond acceptors (Lipinski definition) is 6. The van der Waals surface area contributed by atoms with Gasteiger partial charge in [-0.2, -0.15) is 0 Å². The molecule has 0 aromatic rings. The summed E-state index contributed by atoms with van der Waals surface area (Å²) < 4.78 is 0. The molecular formula is C26H46N4O7. The summed E-state index contributed by atoms with van der Waals surface area (Å²) in [5.74, 6) is -3.00. The van der Waals surface area contributed by atoms with Crippen molar-refractivity contribution in [3.05, 3.63) is 12.7 Å². The average molecular weight is 527 g/mol. The molecule has 0 aliphatic heterocycles. The molecule has 0 radical (unpaired) electrons. The molecule has 0 saturated heterocycles. The van der Waals surface area contributed by atoms with E-state index in [0.29, 0.717) is 19.4 Å². The van der Waals surface area contributed by atoms with Crippen molar-refractivity contribution in [3.8, 4) is 0 Å². The van der Waals surface area contributed by atoms with Crippen molar-refractivity contribution < 1.29 is 34.2 Å². The zero-order valence-electron chi connectivity index (χ0n) is 22.8. The number of aliphatic hydroxyl groups is 1. The summed E-state index contributed by atoms with van der Waals surface area (Å²) in [6, 6.07) is -2.64. The van der Waals surface area contributed by atoms with Gasteiger partial charge in [-0.25, -0.2) is 0 Å². The fraction of sp³-hybridized carbons (Fsp3) is 0.731. The zero-order chi connectivity index (χ0) is 28.5. The number of amides is 4. The number of aliphatic carboxylic acids is 1. The summed E-state index contributed by atoms with van der Waals surface area (Å²) in [6.45, 7) is 13.4. The van der Waals surface area contributed by atoms with Crippen molar-refractivity contribution in [3.63, 3.8) is 0 Å². The van der Waals surface area contributed by atoms with Crippen LogP contribution in [0.4, 0.5) is 0 Å². The molecule has 0 aliphatic rings. The van der Waals surface area contributed by atoms with Gasteiger partial charge in [0.2, 0.25) is 23.6 Å². The first-order chi connectivity index (χ1) is 17.4. The van der Waals surface area contributed by atoms with Crippen molar-refractivity contribution in [2.75, 3.05) is 6.54 Å². The van der Waals surface area contributed by atoms with Gasteiger partial charge in [-0.3, -0.25) is 24.0 Å². The van der Waals surface area contributed by atoms with E-state index in [1.807, 2.05) is 20.8 Å². The highest BCUT2D eigenvalue weighted by Gasteiger charge is 2.31. The topological polar surface area (TPSA) is 174 Å². The van der Waals surface area contributed by atoms with E-state index >= 15 is 0 Å². The van der Waals surface area contributed by atoms with Gasteiger partial charge in [0.1, 0.15) is 12.1 Å². The highest BCUT2D eigenvalue weighted by molar-refractivity contribution is 5.92. The van der Waals surface area contributed by atoms with Crippen LogP contribution in [0, 0.1) is 11.8 Å². The molecule has 6 N–H and O–H groups in total. The predicted molar refractivity (Wildman–Crippen MR) is 140 cm³/mol. The second-order valence-electron chi connectivity index (χ2n) is 9.73. The van der Waals surface area contributed by atoms with E-state index in [4.69, 9.17) is 5.11 Å². The largest absolute Gasteiger partial charge is 0.481 e. The molecule has 5 atom stereocenters. The molecule has 0 aromatic carbocycles. The summed E-state index contributed by atoms with van der Waals surface area (Å²) in [7, 11) is 0. The van der Waals surface area contributed by atoms with Gasteiger partial charge in [0.25, 0.3) is 0 Å². The average Bonchev–Trinajstić information content (AvgIpc) is 2.80.